The van der Waals surface area contributed by atoms with Crippen molar-refractivity contribution < 1.29 is 4.79 Å². The van der Waals surface area contributed by atoms with Gasteiger partial charge in [-0.15, -0.1) is 0 Å². The third-order valence-electron chi connectivity index (χ3n) is 2.62. The molecule has 0 aliphatic carbocycles. The largest absolute Gasteiger partial charge is 0.338 e. The summed E-state index contributed by atoms with van der Waals surface area (Å²) in [4.78, 5) is 13.5. The number of carbonyl (C=O) groups excluding carboxylic acids is 1. The Morgan fingerprint density at radius 3 is 2.92 bits per heavy atom. The van der Waals surface area contributed by atoms with E-state index in [1.165, 1.54) is 0 Å². The monoisotopic (exact) mass is 184 g/mol. The summed E-state index contributed by atoms with van der Waals surface area (Å²) in [5.74, 6) is 0. The summed E-state index contributed by atoms with van der Waals surface area (Å²) in [5.41, 5.74) is 0. The fourth-order valence-electron chi connectivity index (χ4n) is 1.71. The van der Waals surface area contributed by atoms with Gasteiger partial charge in [-0.05, 0) is 26.2 Å². The molecule has 3 heteroatoms. The molecule has 1 unspecified atom stereocenters. The molecule has 1 fully saturated rings. The highest BCUT2D eigenvalue weighted by molar-refractivity contribution is 5.74. The molecule has 0 bridgehead atoms. The Morgan fingerprint density at radius 2 is 2.38 bits per heavy atom. The SMILES string of the molecule is CCCCNC(=O)N1CCCC1C. The van der Waals surface area contributed by atoms with Gasteiger partial charge in [0.1, 0.15) is 0 Å². The van der Waals surface area contributed by atoms with Crippen LogP contribution in [-0.4, -0.2) is 30.1 Å². The number of rotatable bonds is 3. The zero-order chi connectivity index (χ0) is 9.68. The van der Waals surface area contributed by atoms with Gasteiger partial charge in [-0.1, -0.05) is 13.3 Å². The first-order chi connectivity index (χ1) is 6.25. The molecule has 0 saturated carbocycles. The summed E-state index contributed by atoms with van der Waals surface area (Å²) < 4.78 is 0. The van der Waals surface area contributed by atoms with E-state index >= 15 is 0 Å². The van der Waals surface area contributed by atoms with Crippen LogP contribution in [0.4, 0.5) is 4.79 Å². The summed E-state index contributed by atoms with van der Waals surface area (Å²) in [5, 5.41) is 2.94. The summed E-state index contributed by atoms with van der Waals surface area (Å²) in [6, 6.07) is 0.556. The molecule has 13 heavy (non-hydrogen) atoms. The lowest BCUT2D eigenvalue weighted by Crippen LogP contribution is -2.41. The van der Waals surface area contributed by atoms with E-state index < -0.39 is 0 Å². The van der Waals surface area contributed by atoms with Crippen molar-refractivity contribution in [1.29, 1.82) is 0 Å². The van der Waals surface area contributed by atoms with Gasteiger partial charge < -0.3 is 10.2 Å². The van der Waals surface area contributed by atoms with Gasteiger partial charge >= 0.3 is 6.03 Å². The Bertz CT molecular complexity index is 170. The molecule has 1 heterocycles. The summed E-state index contributed by atoms with van der Waals surface area (Å²) in [6.07, 6.45) is 4.52. The van der Waals surface area contributed by atoms with Crippen LogP contribution >= 0.6 is 0 Å². The minimum atomic E-state index is 0.124. The van der Waals surface area contributed by atoms with Gasteiger partial charge in [0, 0.05) is 19.1 Å². The first-order valence-electron chi connectivity index (χ1n) is 5.30. The van der Waals surface area contributed by atoms with Gasteiger partial charge in [0.2, 0.25) is 0 Å². The molecule has 2 amide bonds. The normalized spacial score (nSPS) is 22.0. The van der Waals surface area contributed by atoms with Crippen LogP contribution in [0.2, 0.25) is 0 Å². The number of nitrogens with zero attached hydrogens (tertiary/aromatic N) is 1. The van der Waals surface area contributed by atoms with Crippen molar-refractivity contribution in [1.82, 2.24) is 10.2 Å². The predicted octanol–water partition coefficient (Wildman–Crippen LogP) is 1.98. The van der Waals surface area contributed by atoms with Gasteiger partial charge in [0.25, 0.3) is 0 Å². The standard InChI is InChI=1S/C10H20N2O/c1-3-4-7-11-10(13)12-8-5-6-9(12)2/h9H,3-8H2,1-2H3,(H,11,13). The average molecular weight is 184 g/mol. The predicted molar refractivity (Wildman–Crippen MR) is 53.7 cm³/mol. The van der Waals surface area contributed by atoms with Gasteiger partial charge in [-0.3, -0.25) is 0 Å². The Hall–Kier alpha value is -0.730. The number of urea groups is 1. The van der Waals surface area contributed by atoms with E-state index in [4.69, 9.17) is 0 Å². The van der Waals surface area contributed by atoms with E-state index in [0.29, 0.717) is 6.04 Å². The van der Waals surface area contributed by atoms with Gasteiger partial charge in [0.05, 0.1) is 0 Å². The maximum Gasteiger partial charge on any atom is 0.317 e. The van der Waals surface area contributed by atoms with E-state index in [-0.39, 0.29) is 6.03 Å². The van der Waals surface area contributed by atoms with E-state index in [2.05, 4.69) is 19.2 Å². The Morgan fingerprint density at radius 1 is 1.62 bits per heavy atom. The van der Waals surface area contributed by atoms with E-state index in [1.54, 1.807) is 0 Å². The van der Waals surface area contributed by atoms with Crippen molar-refractivity contribution in [2.24, 2.45) is 0 Å². The minimum absolute atomic E-state index is 0.124. The number of likely N-dealkylation sites (tertiary alicyclic amines) is 1. The maximum atomic E-state index is 11.5. The molecule has 0 spiro atoms. The molecule has 1 saturated heterocycles. The summed E-state index contributed by atoms with van der Waals surface area (Å²) >= 11 is 0. The third-order valence-corrected chi connectivity index (χ3v) is 2.62. The fraction of sp³-hybridized carbons (Fsp3) is 0.900. The number of hydrogen-bond donors (Lipinski definition) is 1. The minimum Gasteiger partial charge on any atom is -0.338 e. The highest BCUT2D eigenvalue weighted by Gasteiger charge is 2.24. The van der Waals surface area contributed by atoms with Crippen molar-refractivity contribution in [3.05, 3.63) is 0 Å². The van der Waals surface area contributed by atoms with Crippen molar-refractivity contribution in [2.75, 3.05) is 13.1 Å². The van der Waals surface area contributed by atoms with Crippen LogP contribution in [0.1, 0.15) is 39.5 Å². The Balaban J connectivity index is 2.22. The van der Waals surface area contributed by atoms with E-state index in [1.807, 2.05) is 4.90 Å². The van der Waals surface area contributed by atoms with Crippen LogP contribution in [0.25, 0.3) is 0 Å². The van der Waals surface area contributed by atoms with Crippen molar-refractivity contribution in [2.45, 2.75) is 45.6 Å². The quantitative estimate of drug-likeness (QED) is 0.668. The molecule has 1 atom stereocenters. The van der Waals surface area contributed by atoms with E-state index in [9.17, 15) is 4.79 Å². The van der Waals surface area contributed by atoms with Crippen LogP contribution in [0.3, 0.4) is 0 Å². The Labute approximate surface area is 80.5 Å². The van der Waals surface area contributed by atoms with Crippen molar-refractivity contribution in [3.8, 4) is 0 Å². The first kappa shape index (κ1) is 10.4. The van der Waals surface area contributed by atoms with Crippen molar-refractivity contribution >= 4 is 6.03 Å². The zero-order valence-corrected chi connectivity index (χ0v) is 8.68. The first-order valence-corrected chi connectivity index (χ1v) is 5.30. The lowest BCUT2D eigenvalue weighted by atomic mass is 10.2. The smallest absolute Gasteiger partial charge is 0.317 e. The molecule has 1 aliphatic heterocycles. The van der Waals surface area contributed by atoms with Crippen LogP contribution in [0.5, 0.6) is 0 Å². The highest BCUT2D eigenvalue weighted by Crippen LogP contribution is 2.15. The van der Waals surface area contributed by atoms with Crippen molar-refractivity contribution in [3.63, 3.8) is 0 Å². The topological polar surface area (TPSA) is 32.3 Å². The number of nitrogens with one attached hydrogen (secondary N) is 1. The van der Waals surface area contributed by atoms with Gasteiger partial charge in [-0.2, -0.15) is 0 Å². The lowest BCUT2D eigenvalue weighted by molar-refractivity contribution is 0.196. The molecule has 0 aromatic heterocycles. The summed E-state index contributed by atoms with van der Waals surface area (Å²) in [6.45, 7) is 5.99. The third kappa shape index (κ3) is 2.90. The fourth-order valence-corrected chi connectivity index (χ4v) is 1.71. The second kappa shape index (κ2) is 5.10. The molecule has 0 radical (unpaired) electrons. The molecular weight excluding hydrogens is 164 g/mol. The molecule has 3 nitrogen and oxygen atoms in total. The van der Waals surface area contributed by atoms with Gasteiger partial charge in [0.15, 0.2) is 0 Å². The molecule has 0 aromatic rings. The number of carbonyl (C=O) groups is 1. The second-order valence-corrected chi connectivity index (χ2v) is 3.77. The van der Waals surface area contributed by atoms with Crippen LogP contribution < -0.4 is 5.32 Å². The number of unbranched alkanes of at least 4 members (excludes halogenated alkanes) is 1. The van der Waals surface area contributed by atoms with Crippen LogP contribution in [0.15, 0.2) is 0 Å². The highest BCUT2D eigenvalue weighted by atomic mass is 16.2. The summed E-state index contributed by atoms with van der Waals surface area (Å²) in [7, 11) is 0. The molecule has 76 valence electrons. The molecule has 1 N–H and O–H groups in total. The Kier molecular flexibility index (Phi) is 4.06. The zero-order valence-electron chi connectivity index (χ0n) is 8.68. The number of amides is 2. The molecular formula is C10H20N2O. The molecule has 0 aromatic carbocycles. The van der Waals surface area contributed by atoms with Gasteiger partial charge in [-0.25, -0.2) is 4.79 Å². The van der Waals surface area contributed by atoms with Crippen LogP contribution in [0, 0.1) is 0 Å². The van der Waals surface area contributed by atoms with Crippen LogP contribution in [-0.2, 0) is 0 Å². The van der Waals surface area contributed by atoms with E-state index in [0.717, 1.165) is 38.8 Å². The second-order valence-electron chi connectivity index (χ2n) is 3.77. The number of hydrogen-bond acceptors (Lipinski definition) is 1. The molecule has 1 aliphatic rings. The lowest BCUT2D eigenvalue weighted by Gasteiger charge is -2.21. The molecule has 1 rings (SSSR count). The average Bonchev–Trinajstić information content (AvgIpc) is 2.52. The maximum absolute atomic E-state index is 11.5.